The van der Waals surface area contributed by atoms with E-state index >= 15 is 0 Å². The molecular formula is C12H21N3O4. The van der Waals surface area contributed by atoms with E-state index in [1.54, 1.807) is 25.8 Å². The fraction of sp³-hybridized carbons (Fsp3) is 0.750. The minimum absolute atomic E-state index is 0.0464. The van der Waals surface area contributed by atoms with Gasteiger partial charge in [0.25, 0.3) is 0 Å². The third-order valence-electron chi connectivity index (χ3n) is 3.43. The molecule has 0 aromatic heterocycles. The summed E-state index contributed by atoms with van der Waals surface area (Å²) < 4.78 is 0. The van der Waals surface area contributed by atoms with Gasteiger partial charge in [0.2, 0.25) is 5.91 Å². The smallest absolute Gasteiger partial charge is 0.318 e. The van der Waals surface area contributed by atoms with Crippen molar-refractivity contribution in [2.75, 3.05) is 26.7 Å². The van der Waals surface area contributed by atoms with Crippen LogP contribution >= 0.6 is 0 Å². The van der Waals surface area contributed by atoms with E-state index in [2.05, 4.69) is 5.32 Å². The molecule has 2 N–H and O–H groups in total. The third-order valence-corrected chi connectivity index (χ3v) is 3.43. The lowest BCUT2D eigenvalue weighted by Gasteiger charge is -2.44. The van der Waals surface area contributed by atoms with Crippen LogP contribution in [-0.2, 0) is 9.59 Å². The number of carbonyl (C=O) groups excluding carboxylic acids is 2. The molecular weight excluding hydrogens is 250 g/mol. The lowest BCUT2D eigenvalue weighted by atomic mass is 9.98. The summed E-state index contributed by atoms with van der Waals surface area (Å²) in [5.41, 5.74) is -0.913. The van der Waals surface area contributed by atoms with Gasteiger partial charge in [-0.1, -0.05) is 6.92 Å². The number of carboxylic acids is 1. The van der Waals surface area contributed by atoms with Crippen molar-refractivity contribution in [1.29, 1.82) is 0 Å². The Morgan fingerprint density at radius 3 is 2.53 bits per heavy atom. The summed E-state index contributed by atoms with van der Waals surface area (Å²) in [4.78, 5) is 37.8. The van der Waals surface area contributed by atoms with Crippen LogP contribution in [0.5, 0.6) is 0 Å². The molecule has 108 valence electrons. The maximum absolute atomic E-state index is 12.0. The first-order valence-electron chi connectivity index (χ1n) is 6.21. The van der Waals surface area contributed by atoms with Gasteiger partial charge in [-0.2, -0.15) is 0 Å². The fourth-order valence-electron chi connectivity index (χ4n) is 1.99. The predicted octanol–water partition coefficient (Wildman–Crippen LogP) is -0.0307. The first kappa shape index (κ1) is 15.3. The van der Waals surface area contributed by atoms with E-state index in [1.807, 2.05) is 0 Å². The topological polar surface area (TPSA) is 90.0 Å². The van der Waals surface area contributed by atoms with Crippen molar-refractivity contribution >= 4 is 17.9 Å². The van der Waals surface area contributed by atoms with Gasteiger partial charge in [0, 0.05) is 26.7 Å². The van der Waals surface area contributed by atoms with Gasteiger partial charge >= 0.3 is 12.0 Å². The zero-order valence-corrected chi connectivity index (χ0v) is 11.8. The quantitative estimate of drug-likeness (QED) is 0.754. The average Bonchev–Trinajstić information content (AvgIpc) is 2.32. The Balaban J connectivity index is 2.67. The zero-order valence-electron chi connectivity index (χ0n) is 11.8. The molecule has 1 fully saturated rings. The van der Waals surface area contributed by atoms with Crippen molar-refractivity contribution in [3.8, 4) is 0 Å². The lowest BCUT2D eigenvalue weighted by molar-refractivity contribution is -0.144. The summed E-state index contributed by atoms with van der Waals surface area (Å²) in [7, 11) is 1.70. The minimum atomic E-state index is -0.964. The molecule has 7 nitrogen and oxygen atoms in total. The molecule has 1 aliphatic heterocycles. The van der Waals surface area contributed by atoms with E-state index in [4.69, 9.17) is 5.11 Å². The van der Waals surface area contributed by atoms with Crippen LogP contribution in [0.1, 0.15) is 20.8 Å². The zero-order chi connectivity index (χ0) is 14.8. The average molecular weight is 271 g/mol. The number of aliphatic carboxylic acids is 1. The van der Waals surface area contributed by atoms with E-state index in [9.17, 15) is 14.4 Å². The highest BCUT2D eigenvalue weighted by Crippen LogP contribution is 2.21. The van der Waals surface area contributed by atoms with Gasteiger partial charge in [-0.15, -0.1) is 0 Å². The second-order valence-electron chi connectivity index (χ2n) is 5.36. The molecule has 0 spiro atoms. The van der Waals surface area contributed by atoms with Crippen molar-refractivity contribution in [1.82, 2.24) is 15.1 Å². The number of nitrogens with one attached hydrogen (secondary N) is 1. The molecule has 1 heterocycles. The Bertz CT molecular complexity index is 394. The van der Waals surface area contributed by atoms with Crippen LogP contribution in [0, 0.1) is 5.92 Å². The number of piperazine rings is 1. The van der Waals surface area contributed by atoms with E-state index in [0.29, 0.717) is 13.1 Å². The number of carboxylic acid groups (broad SMARTS) is 1. The van der Waals surface area contributed by atoms with Crippen LogP contribution in [0.2, 0.25) is 0 Å². The number of carbonyl (C=O) groups is 3. The van der Waals surface area contributed by atoms with Crippen molar-refractivity contribution in [2.24, 2.45) is 5.92 Å². The number of nitrogens with zero attached hydrogens (tertiary/aromatic N) is 2. The SMILES string of the molecule is CC(CNC(=O)N1CCN(C)C(=O)C1(C)C)C(=O)O. The van der Waals surface area contributed by atoms with Crippen molar-refractivity contribution in [3.63, 3.8) is 0 Å². The Hall–Kier alpha value is -1.79. The normalized spacial score (nSPS) is 20.1. The molecule has 0 radical (unpaired) electrons. The standard InChI is InChI=1S/C12H21N3O4/c1-8(9(16)17)7-13-11(19)15-6-5-14(4)10(18)12(15,2)3/h8H,5-7H2,1-4H3,(H,13,19)(H,16,17). The summed E-state index contributed by atoms with van der Waals surface area (Å²) in [5.74, 6) is -1.75. The largest absolute Gasteiger partial charge is 0.481 e. The summed E-state index contributed by atoms with van der Waals surface area (Å²) in [6, 6.07) is -0.403. The van der Waals surface area contributed by atoms with E-state index in [-0.39, 0.29) is 12.5 Å². The van der Waals surface area contributed by atoms with Crippen LogP contribution in [0.15, 0.2) is 0 Å². The Kier molecular flexibility index (Phi) is 4.39. The van der Waals surface area contributed by atoms with E-state index in [1.165, 1.54) is 11.8 Å². The Morgan fingerprint density at radius 1 is 1.42 bits per heavy atom. The molecule has 0 bridgehead atoms. The third kappa shape index (κ3) is 3.15. The van der Waals surface area contributed by atoms with Gasteiger partial charge in [0.05, 0.1) is 5.92 Å². The molecule has 19 heavy (non-hydrogen) atoms. The van der Waals surface area contributed by atoms with Crippen molar-refractivity contribution < 1.29 is 19.5 Å². The molecule has 0 aliphatic carbocycles. The highest BCUT2D eigenvalue weighted by atomic mass is 16.4. The summed E-state index contributed by atoms with van der Waals surface area (Å²) in [6.45, 7) is 5.84. The van der Waals surface area contributed by atoms with Gasteiger partial charge < -0.3 is 20.2 Å². The number of hydrogen-bond acceptors (Lipinski definition) is 3. The second-order valence-corrected chi connectivity index (χ2v) is 5.36. The second kappa shape index (κ2) is 5.46. The summed E-state index contributed by atoms with van der Waals surface area (Å²) in [5, 5.41) is 11.3. The lowest BCUT2D eigenvalue weighted by Crippen LogP contribution is -2.65. The number of urea groups is 1. The maximum Gasteiger partial charge on any atom is 0.318 e. The first-order valence-corrected chi connectivity index (χ1v) is 6.21. The number of hydrogen-bond donors (Lipinski definition) is 2. The van der Waals surface area contributed by atoms with Gasteiger partial charge in [-0.3, -0.25) is 9.59 Å². The summed E-state index contributed by atoms with van der Waals surface area (Å²) >= 11 is 0. The molecule has 0 saturated carbocycles. The molecule has 1 unspecified atom stereocenters. The number of likely N-dealkylation sites (N-methyl/N-ethyl adjacent to an activating group) is 1. The molecule has 3 amide bonds. The van der Waals surface area contributed by atoms with Crippen molar-refractivity contribution in [3.05, 3.63) is 0 Å². The summed E-state index contributed by atoms with van der Waals surface area (Å²) in [6.07, 6.45) is 0. The highest BCUT2D eigenvalue weighted by molar-refractivity contribution is 5.91. The Labute approximate surface area is 112 Å². The van der Waals surface area contributed by atoms with E-state index in [0.717, 1.165) is 0 Å². The van der Waals surface area contributed by atoms with Gasteiger partial charge in [0.1, 0.15) is 5.54 Å². The minimum Gasteiger partial charge on any atom is -0.481 e. The van der Waals surface area contributed by atoms with Crippen LogP contribution in [0.3, 0.4) is 0 Å². The number of rotatable bonds is 3. The van der Waals surface area contributed by atoms with Crippen LogP contribution < -0.4 is 5.32 Å². The molecule has 1 aliphatic rings. The molecule has 7 heteroatoms. The highest BCUT2D eigenvalue weighted by Gasteiger charge is 2.43. The fourth-order valence-corrected chi connectivity index (χ4v) is 1.99. The molecule has 1 rings (SSSR count). The Morgan fingerprint density at radius 2 is 2.00 bits per heavy atom. The van der Waals surface area contributed by atoms with Gasteiger partial charge in [0.15, 0.2) is 0 Å². The molecule has 0 aromatic rings. The first-order chi connectivity index (χ1) is 8.67. The van der Waals surface area contributed by atoms with Gasteiger partial charge in [-0.05, 0) is 13.8 Å². The predicted molar refractivity (Wildman–Crippen MR) is 68.6 cm³/mol. The monoisotopic (exact) mass is 271 g/mol. The van der Waals surface area contributed by atoms with Crippen LogP contribution in [-0.4, -0.2) is 65.0 Å². The molecule has 0 aromatic carbocycles. The van der Waals surface area contributed by atoms with E-state index < -0.39 is 23.5 Å². The molecule has 1 atom stereocenters. The van der Waals surface area contributed by atoms with Gasteiger partial charge in [-0.25, -0.2) is 4.79 Å². The molecule has 1 saturated heterocycles. The van der Waals surface area contributed by atoms with Crippen LogP contribution in [0.4, 0.5) is 4.79 Å². The maximum atomic E-state index is 12.0. The van der Waals surface area contributed by atoms with Crippen molar-refractivity contribution in [2.45, 2.75) is 26.3 Å². The number of amides is 3. The van der Waals surface area contributed by atoms with Crippen LogP contribution in [0.25, 0.3) is 0 Å².